The molecule has 2 aliphatic heterocycles. The first kappa shape index (κ1) is 16.3. The van der Waals surface area contributed by atoms with Crippen LogP contribution in [0, 0.1) is 0 Å². The number of Topliss-reactive ketones (excluding diaryl/α,β-unsaturated/α-hetero) is 1. The summed E-state index contributed by atoms with van der Waals surface area (Å²) in [5.41, 5.74) is 3.80. The van der Waals surface area contributed by atoms with E-state index >= 15 is 0 Å². The molecule has 2 aromatic rings. The van der Waals surface area contributed by atoms with Gasteiger partial charge in [0.2, 0.25) is 0 Å². The summed E-state index contributed by atoms with van der Waals surface area (Å²) in [6.07, 6.45) is 5.28. The molecule has 3 unspecified atom stereocenters. The molecule has 138 valence electrons. The third kappa shape index (κ3) is 2.20. The van der Waals surface area contributed by atoms with E-state index in [1.807, 2.05) is 13.2 Å². The molecule has 0 bridgehead atoms. The van der Waals surface area contributed by atoms with E-state index in [9.17, 15) is 4.79 Å². The Morgan fingerprint density at radius 2 is 2.12 bits per heavy atom. The van der Waals surface area contributed by atoms with Gasteiger partial charge in [0.25, 0.3) is 0 Å². The number of H-pyrrole nitrogens is 1. The number of nitrogens with one attached hydrogen (secondary N) is 1. The molecule has 0 radical (unpaired) electrons. The molecule has 1 saturated carbocycles. The summed E-state index contributed by atoms with van der Waals surface area (Å²) >= 11 is 0. The summed E-state index contributed by atoms with van der Waals surface area (Å²) in [4.78, 5) is 18.4. The minimum absolute atomic E-state index is 0.142. The van der Waals surface area contributed by atoms with Gasteiger partial charge in [-0.3, -0.25) is 9.69 Å². The summed E-state index contributed by atoms with van der Waals surface area (Å²) in [7, 11) is 3.54. The molecular formula is C21H26N2O3. The summed E-state index contributed by atoms with van der Waals surface area (Å²) in [6, 6.07) is 6.84. The van der Waals surface area contributed by atoms with Crippen molar-refractivity contribution in [1.29, 1.82) is 0 Å². The van der Waals surface area contributed by atoms with E-state index in [4.69, 9.17) is 9.47 Å². The van der Waals surface area contributed by atoms with Crippen molar-refractivity contribution in [2.45, 2.75) is 56.2 Å². The van der Waals surface area contributed by atoms with Crippen LogP contribution in [0.15, 0.2) is 18.2 Å². The Hall–Kier alpha value is -1.85. The molecular weight excluding hydrogens is 328 g/mol. The number of ether oxygens (including phenoxy) is 2. The lowest BCUT2D eigenvalue weighted by molar-refractivity contribution is -0.159. The fourth-order valence-corrected chi connectivity index (χ4v) is 5.63. The molecule has 2 fully saturated rings. The first-order valence-corrected chi connectivity index (χ1v) is 9.66. The van der Waals surface area contributed by atoms with E-state index in [0.29, 0.717) is 24.7 Å². The van der Waals surface area contributed by atoms with Crippen LogP contribution in [0.3, 0.4) is 0 Å². The zero-order valence-corrected chi connectivity index (χ0v) is 15.5. The van der Waals surface area contributed by atoms with Crippen molar-refractivity contribution in [3.63, 3.8) is 0 Å². The number of rotatable bonds is 2. The van der Waals surface area contributed by atoms with Crippen molar-refractivity contribution in [3.05, 3.63) is 29.5 Å². The van der Waals surface area contributed by atoms with Gasteiger partial charge in [-0.25, -0.2) is 0 Å². The lowest BCUT2D eigenvalue weighted by atomic mass is 9.70. The molecule has 1 saturated heterocycles. The fraction of sp³-hybridized carbons (Fsp3) is 0.571. The van der Waals surface area contributed by atoms with E-state index in [0.717, 1.165) is 38.0 Å². The van der Waals surface area contributed by atoms with Crippen LogP contribution in [0.25, 0.3) is 10.9 Å². The number of nitrogens with zero attached hydrogens (tertiary/aromatic N) is 1. The van der Waals surface area contributed by atoms with Gasteiger partial charge in [-0.05, 0) is 49.4 Å². The average molecular weight is 354 g/mol. The SMILES string of the molecule is COc1ccc2[nH]c3c(c2c1)CCN1C3CCC2(OC)CCC(=O)CC12. The molecule has 0 amide bonds. The second-order valence-corrected chi connectivity index (χ2v) is 8.00. The van der Waals surface area contributed by atoms with Crippen molar-refractivity contribution >= 4 is 16.7 Å². The molecule has 26 heavy (non-hydrogen) atoms. The van der Waals surface area contributed by atoms with E-state index in [-0.39, 0.29) is 11.6 Å². The maximum atomic E-state index is 12.2. The molecule has 3 atom stereocenters. The molecule has 3 heterocycles. The number of piperidine rings is 1. The third-order valence-electron chi connectivity index (χ3n) is 7.00. The third-order valence-corrected chi connectivity index (χ3v) is 7.00. The van der Waals surface area contributed by atoms with Gasteiger partial charge < -0.3 is 14.5 Å². The first-order valence-electron chi connectivity index (χ1n) is 9.66. The molecule has 5 heteroatoms. The van der Waals surface area contributed by atoms with E-state index < -0.39 is 0 Å². The van der Waals surface area contributed by atoms with Gasteiger partial charge in [0.1, 0.15) is 11.5 Å². The number of methoxy groups -OCH3 is 2. The monoisotopic (exact) mass is 354 g/mol. The number of hydrogen-bond acceptors (Lipinski definition) is 4. The second-order valence-electron chi connectivity index (χ2n) is 8.00. The highest BCUT2D eigenvalue weighted by molar-refractivity contribution is 5.86. The summed E-state index contributed by atoms with van der Waals surface area (Å²) < 4.78 is 11.5. The van der Waals surface area contributed by atoms with Crippen LogP contribution in [-0.2, 0) is 16.0 Å². The van der Waals surface area contributed by atoms with Gasteiger partial charge in [0.05, 0.1) is 18.8 Å². The molecule has 5 rings (SSSR count). The Labute approximate surface area is 153 Å². The van der Waals surface area contributed by atoms with Crippen LogP contribution in [0.2, 0.25) is 0 Å². The van der Waals surface area contributed by atoms with Crippen molar-refractivity contribution < 1.29 is 14.3 Å². The standard InChI is InChI=1S/C21H26N2O3/c1-25-14-3-4-17-16(12-14)15-7-10-23-18(20(15)22-17)6-9-21(26-2)8-5-13(24)11-19(21)23/h3-4,12,18-19,22H,5-11H2,1-2H3. The molecule has 0 spiro atoms. The molecule has 1 aromatic carbocycles. The Bertz CT molecular complexity index is 874. The molecule has 1 aromatic heterocycles. The fourth-order valence-electron chi connectivity index (χ4n) is 5.63. The smallest absolute Gasteiger partial charge is 0.134 e. The molecule has 1 aliphatic carbocycles. The Balaban J connectivity index is 1.56. The van der Waals surface area contributed by atoms with Gasteiger partial charge in [-0.1, -0.05) is 0 Å². The molecule has 3 aliphatic rings. The highest BCUT2D eigenvalue weighted by Gasteiger charge is 2.52. The number of carbonyl (C=O) groups is 1. The van der Waals surface area contributed by atoms with Gasteiger partial charge in [-0.15, -0.1) is 0 Å². The number of carbonyl (C=O) groups excluding carboxylic acids is 1. The van der Waals surface area contributed by atoms with Gasteiger partial charge >= 0.3 is 0 Å². The minimum Gasteiger partial charge on any atom is -0.497 e. The van der Waals surface area contributed by atoms with Crippen molar-refractivity contribution in [1.82, 2.24) is 9.88 Å². The quantitative estimate of drug-likeness (QED) is 0.898. The Morgan fingerprint density at radius 1 is 1.23 bits per heavy atom. The summed E-state index contributed by atoms with van der Waals surface area (Å²) in [5, 5.41) is 1.28. The lowest BCUT2D eigenvalue weighted by Crippen LogP contribution is -2.62. The number of hydrogen-bond donors (Lipinski definition) is 1. The second kappa shape index (κ2) is 5.83. The predicted molar refractivity (Wildman–Crippen MR) is 99.6 cm³/mol. The van der Waals surface area contributed by atoms with E-state index in [1.165, 1.54) is 22.2 Å². The zero-order chi connectivity index (χ0) is 17.9. The van der Waals surface area contributed by atoms with E-state index in [2.05, 4.69) is 22.0 Å². The van der Waals surface area contributed by atoms with Crippen molar-refractivity contribution in [2.24, 2.45) is 0 Å². The zero-order valence-electron chi connectivity index (χ0n) is 15.5. The van der Waals surface area contributed by atoms with Crippen LogP contribution < -0.4 is 4.74 Å². The Morgan fingerprint density at radius 3 is 2.92 bits per heavy atom. The maximum absolute atomic E-state index is 12.2. The van der Waals surface area contributed by atoms with E-state index in [1.54, 1.807) is 7.11 Å². The highest BCUT2D eigenvalue weighted by atomic mass is 16.5. The predicted octanol–water partition coefficient (Wildman–Crippen LogP) is 3.38. The van der Waals surface area contributed by atoms with Crippen LogP contribution in [0.1, 0.15) is 49.4 Å². The van der Waals surface area contributed by atoms with Crippen molar-refractivity contribution in [3.8, 4) is 5.75 Å². The largest absolute Gasteiger partial charge is 0.497 e. The lowest BCUT2D eigenvalue weighted by Gasteiger charge is -2.55. The maximum Gasteiger partial charge on any atom is 0.134 e. The van der Waals surface area contributed by atoms with Gasteiger partial charge in [-0.2, -0.15) is 0 Å². The van der Waals surface area contributed by atoms with Crippen LogP contribution in [0.5, 0.6) is 5.75 Å². The van der Waals surface area contributed by atoms with Crippen LogP contribution >= 0.6 is 0 Å². The number of aromatic nitrogens is 1. The minimum atomic E-state index is -0.142. The molecule has 5 nitrogen and oxygen atoms in total. The van der Waals surface area contributed by atoms with Crippen LogP contribution in [-0.4, -0.2) is 48.1 Å². The van der Waals surface area contributed by atoms with Crippen LogP contribution in [0.4, 0.5) is 0 Å². The topological polar surface area (TPSA) is 54.6 Å². The summed E-state index contributed by atoms with van der Waals surface area (Å²) in [6.45, 7) is 0.991. The first-order chi connectivity index (χ1) is 12.6. The number of aromatic amines is 1. The summed E-state index contributed by atoms with van der Waals surface area (Å²) in [5.74, 6) is 1.29. The van der Waals surface area contributed by atoms with Crippen molar-refractivity contribution in [2.75, 3.05) is 20.8 Å². The number of ketones is 1. The number of benzene rings is 1. The Kier molecular flexibility index (Phi) is 3.66. The normalized spacial score (nSPS) is 31.4. The average Bonchev–Trinajstić information content (AvgIpc) is 3.05. The van der Waals surface area contributed by atoms with Gasteiger partial charge in [0, 0.05) is 49.1 Å². The highest BCUT2D eigenvalue weighted by Crippen LogP contribution is 2.49. The van der Waals surface area contributed by atoms with Gasteiger partial charge in [0.15, 0.2) is 0 Å². The molecule has 1 N–H and O–H groups in total. The number of fused-ring (bicyclic) bond motifs is 7.